The molecule has 1 aliphatic carbocycles. The molecule has 234 valence electrons. The van der Waals surface area contributed by atoms with Crippen LogP contribution in [0.4, 0.5) is 35.5 Å². The molecule has 43 heavy (non-hydrogen) atoms. The number of carbonyl (C=O) groups excluding carboxylic acids is 2. The van der Waals surface area contributed by atoms with Crippen LogP contribution in [0.1, 0.15) is 65.2 Å². The molecular formula is C24H25F7N8O4. The van der Waals surface area contributed by atoms with Crippen LogP contribution in [-0.4, -0.2) is 80.4 Å². The lowest BCUT2D eigenvalue weighted by Crippen LogP contribution is -2.58. The monoisotopic (exact) mass is 622 g/mol. The summed E-state index contributed by atoms with van der Waals surface area (Å²) < 4.78 is 107. The van der Waals surface area contributed by atoms with Crippen LogP contribution in [0.25, 0.3) is 5.65 Å². The second-order valence-electron chi connectivity index (χ2n) is 10.5. The van der Waals surface area contributed by atoms with Gasteiger partial charge in [-0.25, -0.2) is 36.5 Å². The third-order valence-corrected chi connectivity index (χ3v) is 7.42. The van der Waals surface area contributed by atoms with E-state index in [1.165, 1.54) is 30.1 Å². The van der Waals surface area contributed by atoms with E-state index in [2.05, 4.69) is 35.7 Å². The van der Waals surface area contributed by atoms with E-state index in [4.69, 9.17) is 4.74 Å². The van der Waals surface area contributed by atoms with Gasteiger partial charge in [-0.05, 0) is 35.1 Å². The highest BCUT2D eigenvalue weighted by Gasteiger charge is 2.44. The SMILES string of the molecule is COC[C@H](c1cnn2cc([C@@H](NC(=O)c3nonc3C(F)(F)F)C3CCC(F)(F)CC3)nc2c1)N1CC(F)(F)CNC1=O. The van der Waals surface area contributed by atoms with Crippen LogP contribution in [0.15, 0.2) is 23.1 Å². The molecular weight excluding hydrogens is 597 g/mol. The summed E-state index contributed by atoms with van der Waals surface area (Å²) in [5, 5.41) is 14.6. The minimum absolute atomic E-state index is 0.0815. The number of urea groups is 1. The summed E-state index contributed by atoms with van der Waals surface area (Å²) in [5.74, 6) is -8.10. The average Bonchev–Trinajstić information content (AvgIpc) is 3.59. The molecule has 0 unspecified atom stereocenters. The number of nitrogens with zero attached hydrogens (tertiary/aromatic N) is 6. The summed E-state index contributed by atoms with van der Waals surface area (Å²) in [6, 6.07) is -1.44. The second-order valence-corrected chi connectivity index (χ2v) is 10.5. The van der Waals surface area contributed by atoms with Crippen LogP contribution < -0.4 is 10.6 Å². The van der Waals surface area contributed by atoms with Gasteiger partial charge in [0.1, 0.15) is 0 Å². The first-order valence-corrected chi connectivity index (χ1v) is 13.0. The smallest absolute Gasteiger partial charge is 0.382 e. The van der Waals surface area contributed by atoms with E-state index < -0.39 is 85.3 Å². The number of ether oxygens (including phenoxy) is 1. The number of imidazole rings is 1. The highest BCUT2D eigenvalue weighted by Crippen LogP contribution is 2.42. The lowest BCUT2D eigenvalue weighted by Gasteiger charge is -2.38. The number of nitrogens with one attached hydrogen (secondary N) is 2. The van der Waals surface area contributed by atoms with Crippen molar-refractivity contribution in [2.45, 2.75) is 55.8 Å². The number of methoxy groups -OCH3 is 1. The number of aromatic nitrogens is 5. The molecule has 2 atom stereocenters. The molecule has 2 aliphatic rings. The topological polar surface area (TPSA) is 140 Å². The summed E-state index contributed by atoms with van der Waals surface area (Å²) >= 11 is 0. The minimum atomic E-state index is -5.05. The maximum Gasteiger partial charge on any atom is 0.439 e. The third-order valence-electron chi connectivity index (χ3n) is 7.42. The van der Waals surface area contributed by atoms with E-state index in [0.29, 0.717) is 0 Å². The van der Waals surface area contributed by atoms with Gasteiger partial charge in [0.2, 0.25) is 17.3 Å². The van der Waals surface area contributed by atoms with Crippen molar-refractivity contribution >= 4 is 17.6 Å². The van der Waals surface area contributed by atoms with Gasteiger partial charge >= 0.3 is 12.2 Å². The summed E-state index contributed by atoms with van der Waals surface area (Å²) in [5.41, 5.74) is -2.31. The van der Waals surface area contributed by atoms with E-state index in [1.54, 1.807) is 0 Å². The van der Waals surface area contributed by atoms with Gasteiger partial charge < -0.3 is 20.3 Å². The lowest BCUT2D eigenvalue weighted by molar-refractivity contribution is -0.143. The first-order valence-electron chi connectivity index (χ1n) is 13.0. The van der Waals surface area contributed by atoms with Crippen LogP contribution in [0.5, 0.6) is 0 Å². The summed E-state index contributed by atoms with van der Waals surface area (Å²) in [4.78, 5) is 30.7. The fraction of sp³-hybridized carbons (Fsp3) is 0.583. The Balaban J connectivity index is 1.48. The number of amides is 3. The van der Waals surface area contributed by atoms with Crippen molar-refractivity contribution in [3.8, 4) is 0 Å². The Kier molecular flexibility index (Phi) is 7.95. The highest BCUT2D eigenvalue weighted by atomic mass is 19.4. The standard InChI is InChI=1S/C24H25F7N8O4/c1-42-9-15(38-11-23(27,28)10-32-21(38)41)13-6-16-34-14(8-39(16)33-7-13)17(12-2-4-22(25,26)5-3-12)35-20(40)18-19(24(29,30)31)37-43-36-18/h6-8,12,15,17H,2-5,9-11H2,1H3,(H,32,41)(H,35,40)/t15-,17+/m1/s1. The Bertz CT molecular complexity index is 1480. The van der Waals surface area contributed by atoms with Crippen LogP contribution in [0.2, 0.25) is 0 Å². The van der Waals surface area contributed by atoms with Gasteiger partial charge in [0.25, 0.3) is 11.8 Å². The van der Waals surface area contributed by atoms with Crippen LogP contribution in [-0.2, 0) is 10.9 Å². The third kappa shape index (κ3) is 6.50. The summed E-state index contributed by atoms with van der Waals surface area (Å²) in [7, 11) is 1.32. The second kappa shape index (κ2) is 11.2. The molecule has 5 rings (SSSR count). The predicted octanol–water partition coefficient (Wildman–Crippen LogP) is 3.78. The Morgan fingerprint density at radius 2 is 1.93 bits per heavy atom. The zero-order valence-electron chi connectivity index (χ0n) is 22.4. The maximum atomic E-state index is 14.1. The van der Waals surface area contributed by atoms with E-state index in [-0.39, 0.29) is 36.4 Å². The Morgan fingerprint density at radius 3 is 2.60 bits per heavy atom. The van der Waals surface area contributed by atoms with Crippen molar-refractivity contribution in [2.24, 2.45) is 5.92 Å². The number of rotatable bonds is 8. The largest absolute Gasteiger partial charge is 0.439 e. The van der Waals surface area contributed by atoms with Gasteiger partial charge in [-0.3, -0.25) is 4.79 Å². The molecule has 0 radical (unpaired) electrons. The molecule has 2 fully saturated rings. The molecule has 19 heteroatoms. The Hall–Kier alpha value is -4.03. The number of alkyl halides is 7. The Labute approximate surface area is 237 Å². The van der Waals surface area contributed by atoms with Crippen LogP contribution in [0, 0.1) is 5.92 Å². The average molecular weight is 623 g/mol. The molecule has 1 saturated heterocycles. The molecule has 4 heterocycles. The summed E-state index contributed by atoms with van der Waals surface area (Å²) in [6.45, 7) is -1.87. The van der Waals surface area contributed by atoms with Crippen LogP contribution >= 0.6 is 0 Å². The first-order chi connectivity index (χ1) is 20.2. The lowest BCUT2D eigenvalue weighted by atomic mass is 9.81. The molecule has 0 spiro atoms. The fourth-order valence-electron chi connectivity index (χ4n) is 5.26. The van der Waals surface area contributed by atoms with Crippen molar-refractivity contribution in [3.05, 3.63) is 41.1 Å². The maximum absolute atomic E-state index is 14.1. The van der Waals surface area contributed by atoms with Gasteiger partial charge in [-0.2, -0.15) is 18.3 Å². The number of hydrogen-bond donors (Lipinski definition) is 2. The first kappa shape index (κ1) is 30.4. The van der Waals surface area contributed by atoms with Crippen molar-refractivity contribution in [3.63, 3.8) is 0 Å². The molecule has 3 amide bonds. The molecule has 0 bridgehead atoms. The molecule has 3 aromatic heterocycles. The normalized spacial score (nSPS) is 20.6. The number of hydrogen-bond acceptors (Lipinski definition) is 8. The summed E-state index contributed by atoms with van der Waals surface area (Å²) in [6.07, 6.45) is -3.58. The van der Waals surface area contributed by atoms with Crippen LogP contribution in [0.3, 0.4) is 0 Å². The zero-order chi connectivity index (χ0) is 31.2. The van der Waals surface area contributed by atoms with Crippen molar-refractivity contribution in [1.82, 2.24) is 40.4 Å². The number of halogens is 7. The van der Waals surface area contributed by atoms with Gasteiger partial charge in [0, 0.05) is 25.5 Å². The van der Waals surface area contributed by atoms with Crippen molar-refractivity contribution < 1.29 is 49.7 Å². The fourth-order valence-corrected chi connectivity index (χ4v) is 5.26. The number of fused-ring (bicyclic) bond motifs is 1. The zero-order valence-corrected chi connectivity index (χ0v) is 22.4. The van der Waals surface area contributed by atoms with E-state index in [0.717, 1.165) is 4.90 Å². The van der Waals surface area contributed by atoms with E-state index in [1.807, 2.05) is 0 Å². The Morgan fingerprint density at radius 1 is 1.21 bits per heavy atom. The van der Waals surface area contributed by atoms with Gasteiger partial charge in [-0.15, -0.1) is 0 Å². The molecule has 1 saturated carbocycles. The quantitative estimate of drug-likeness (QED) is 0.362. The predicted molar refractivity (Wildman–Crippen MR) is 129 cm³/mol. The molecule has 0 aromatic carbocycles. The van der Waals surface area contributed by atoms with E-state index >= 15 is 0 Å². The highest BCUT2D eigenvalue weighted by molar-refractivity contribution is 5.93. The molecule has 1 aliphatic heterocycles. The van der Waals surface area contributed by atoms with E-state index in [9.17, 15) is 40.3 Å². The number of carbonyl (C=O) groups is 2. The molecule has 2 N–H and O–H groups in total. The van der Waals surface area contributed by atoms with Crippen molar-refractivity contribution in [2.75, 3.05) is 26.8 Å². The minimum Gasteiger partial charge on any atom is -0.382 e. The van der Waals surface area contributed by atoms with Gasteiger partial charge in [0.05, 0.1) is 49.9 Å². The van der Waals surface area contributed by atoms with Crippen molar-refractivity contribution in [1.29, 1.82) is 0 Å². The molecule has 12 nitrogen and oxygen atoms in total. The molecule has 3 aromatic rings. The van der Waals surface area contributed by atoms with Gasteiger partial charge in [0.15, 0.2) is 5.65 Å². The van der Waals surface area contributed by atoms with Gasteiger partial charge in [-0.1, -0.05) is 0 Å².